The van der Waals surface area contributed by atoms with Gasteiger partial charge in [0, 0.05) is 34.1 Å². The summed E-state index contributed by atoms with van der Waals surface area (Å²) < 4.78 is 51.5. The van der Waals surface area contributed by atoms with E-state index in [2.05, 4.69) is 34.9 Å². The topological polar surface area (TPSA) is 58.2 Å². The summed E-state index contributed by atoms with van der Waals surface area (Å²) in [4.78, 5) is 23.4. The average Bonchev–Trinajstić information content (AvgIpc) is 3.72. The van der Waals surface area contributed by atoms with E-state index < -0.39 is 34.1 Å². The first-order chi connectivity index (χ1) is 19.7. The summed E-state index contributed by atoms with van der Waals surface area (Å²) in [6.45, 7) is 10.8. The van der Waals surface area contributed by atoms with Crippen molar-refractivity contribution in [2.24, 2.45) is 10.8 Å². The first-order valence-corrected chi connectivity index (χ1v) is 13.5. The normalized spacial score (nSPS) is 12.5. The van der Waals surface area contributed by atoms with Gasteiger partial charge < -0.3 is 10.6 Å². The minimum atomic E-state index is -0.889. The number of rotatable bonds is 6. The number of hydrogen-bond acceptors (Lipinski definition) is 2. The molecule has 0 atom stereocenters. The number of carbonyl (C=O) groups excluding carboxylic acids is 2. The Hall–Kier alpha value is -3.23. The fraction of sp³-hybridized carbons (Fsp3) is 0.353. The van der Waals surface area contributed by atoms with Crippen LogP contribution in [-0.4, -0.2) is 11.8 Å². The second-order valence-electron chi connectivity index (χ2n) is 10.5. The van der Waals surface area contributed by atoms with Crippen LogP contribution < -0.4 is 10.6 Å². The molecule has 2 aliphatic carbocycles. The molecule has 0 aromatic heterocycles. The molecule has 4 nitrogen and oxygen atoms in total. The summed E-state index contributed by atoms with van der Waals surface area (Å²) in [5.41, 5.74) is -1.26. The summed E-state index contributed by atoms with van der Waals surface area (Å²) in [5.74, 6) is -3.95. The van der Waals surface area contributed by atoms with Gasteiger partial charge in [0.1, 0.15) is 0 Å². The van der Waals surface area contributed by atoms with Gasteiger partial charge in [-0.15, -0.1) is 49.2 Å². The Morgan fingerprint density at radius 1 is 0.698 bits per heavy atom. The first-order valence-electron chi connectivity index (χ1n) is 13.5. The summed E-state index contributed by atoms with van der Waals surface area (Å²) in [6, 6.07) is 8.21. The van der Waals surface area contributed by atoms with Gasteiger partial charge in [0.2, 0.25) is 11.8 Å². The minimum Gasteiger partial charge on any atom is -0.376 e. The summed E-state index contributed by atoms with van der Waals surface area (Å²) in [7, 11) is 0. The maximum Gasteiger partial charge on any atom is 4.00 e. The Labute approximate surface area is 268 Å². The zero-order chi connectivity index (χ0) is 31.8. The van der Waals surface area contributed by atoms with Crippen molar-refractivity contribution in [2.75, 3.05) is 10.6 Å². The van der Waals surface area contributed by atoms with Gasteiger partial charge in [-0.1, -0.05) is 41.5 Å². The number of benzene rings is 2. The van der Waals surface area contributed by atoms with Crippen LogP contribution in [0.2, 0.25) is 0 Å². The van der Waals surface area contributed by atoms with Crippen molar-refractivity contribution in [1.82, 2.24) is 0 Å². The predicted molar refractivity (Wildman–Crippen MR) is 159 cm³/mol. The van der Waals surface area contributed by atoms with Crippen LogP contribution in [0.3, 0.4) is 0 Å². The number of hydrogen-bond donors (Lipinski definition) is 2. The van der Waals surface area contributed by atoms with E-state index in [0.29, 0.717) is 12.8 Å². The fourth-order valence-electron chi connectivity index (χ4n) is 2.66. The Morgan fingerprint density at radius 3 is 1.26 bits per heavy atom. The van der Waals surface area contributed by atoms with E-state index in [1.54, 1.807) is 27.7 Å². The van der Waals surface area contributed by atoms with Gasteiger partial charge in [-0.25, -0.2) is 41.9 Å². The molecule has 43 heavy (non-hydrogen) atoms. The van der Waals surface area contributed by atoms with E-state index in [1.165, 1.54) is 12.1 Å². The van der Waals surface area contributed by atoms with Crippen LogP contribution in [0.15, 0.2) is 60.7 Å². The molecule has 0 bridgehead atoms. The van der Waals surface area contributed by atoms with Crippen molar-refractivity contribution >= 4 is 23.2 Å². The standard InChI is InChI=1S/2C12H14F2NO.2C5H5.Ti/c2*1-4-12(2,3)11(16)15-10-6-5-8(13)7-9(10)14;2*1-2-4-5-3-1;/h2*5-6H,4H2,1-3H3,(H,15,16);2*1-3H,4H2;/q4*-1;+4. The van der Waals surface area contributed by atoms with Crippen molar-refractivity contribution in [1.29, 1.82) is 0 Å². The maximum atomic E-state index is 13.2. The molecular weight excluding hydrogens is 592 g/mol. The minimum absolute atomic E-state index is 0. The van der Waals surface area contributed by atoms with E-state index in [0.717, 1.165) is 25.0 Å². The molecule has 0 fully saturated rings. The third-order valence-electron chi connectivity index (χ3n) is 6.39. The molecule has 0 saturated carbocycles. The molecule has 0 aliphatic heterocycles. The molecule has 2 aromatic rings. The van der Waals surface area contributed by atoms with Gasteiger partial charge in [0.25, 0.3) is 0 Å². The van der Waals surface area contributed by atoms with Gasteiger partial charge in [-0.05, 0) is 24.2 Å². The zero-order valence-electron chi connectivity index (χ0n) is 25.4. The molecule has 228 valence electrons. The van der Waals surface area contributed by atoms with Gasteiger partial charge in [0.05, 0.1) is 0 Å². The van der Waals surface area contributed by atoms with Gasteiger partial charge in [-0.3, -0.25) is 21.7 Å². The van der Waals surface area contributed by atoms with Crippen molar-refractivity contribution in [3.63, 3.8) is 0 Å². The summed E-state index contributed by atoms with van der Waals surface area (Å²) in [6.07, 6.45) is 21.3. The Morgan fingerprint density at radius 2 is 1.05 bits per heavy atom. The number of amides is 2. The molecule has 0 radical (unpaired) electrons. The molecule has 4 rings (SSSR count). The van der Waals surface area contributed by atoms with Gasteiger partial charge in [-0.2, -0.15) is 12.2 Å². The van der Waals surface area contributed by atoms with E-state index in [4.69, 9.17) is 0 Å². The van der Waals surface area contributed by atoms with Crippen LogP contribution in [-0.2, 0) is 31.3 Å². The monoisotopic (exact) mass is 630 g/mol. The van der Waals surface area contributed by atoms with Crippen molar-refractivity contribution in [2.45, 2.75) is 67.2 Å². The largest absolute Gasteiger partial charge is 4.00 e. The third kappa shape index (κ3) is 15.2. The number of anilines is 2. The quantitative estimate of drug-likeness (QED) is 0.190. The molecule has 9 heteroatoms. The fourth-order valence-corrected chi connectivity index (χ4v) is 2.66. The van der Waals surface area contributed by atoms with Crippen LogP contribution in [0.4, 0.5) is 28.9 Å². The average molecular weight is 631 g/mol. The summed E-state index contributed by atoms with van der Waals surface area (Å²) in [5, 5.41) is 4.83. The van der Waals surface area contributed by atoms with Crippen LogP contribution in [0.1, 0.15) is 67.2 Å². The molecule has 2 aromatic carbocycles. The number of halogens is 4. The number of nitrogens with one attached hydrogen (secondary N) is 2. The van der Waals surface area contributed by atoms with Crippen LogP contribution in [0.5, 0.6) is 0 Å². The molecular formula is C34H38F4N2O2Ti. The smallest absolute Gasteiger partial charge is 0.376 e. The maximum absolute atomic E-state index is 13.2. The SMILES string of the molecule is CCC(C)(C)C(=O)Nc1ccc(F)[c-]c1F.CCC(C)(C)C(=O)Nc1ccc(F)[c-]c1F.[C-]1=CC=CC1.[C-]1=CC=CC1.[Ti+4]. The van der Waals surface area contributed by atoms with Gasteiger partial charge in [0.15, 0.2) is 0 Å². The Balaban J connectivity index is 0.000000608. The van der Waals surface area contributed by atoms with E-state index in [9.17, 15) is 27.2 Å². The molecule has 0 spiro atoms. The second-order valence-corrected chi connectivity index (χ2v) is 10.5. The van der Waals surface area contributed by atoms with Gasteiger partial charge >= 0.3 is 21.7 Å². The van der Waals surface area contributed by atoms with E-state index in [1.807, 2.05) is 50.3 Å². The molecule has 2 amide bonds. The predicted octanol–water partition coefficient (Wildman–Crippen LogP) is 8.89. The second kappa shape index (κ2) is 19.9. The zero-order valence-corrected chi connectivity index (χ0v) is 27.0. The van der Waals surface area contributed by atoms with Crippen molar-refractivity contribution < 1.29 is 48.9 Å². The number of allylic oxidation sites excluding steroid dienone is 8. The molecule has 0 heterocycles. The van der Waals surface area contributed by atoms with Crippen molar-refractivity contribution in [3.05, 3.63) is 108 Å². The third-order valence-corrected chi connectivity index (χ3v) is 6.39. The summed E-state index contributed by atoms with van der Waals surface area (Å²) >= 11 is 0. The molecule has 0 saturated heterocycles. The van der Waals surface area contributed by atoms with Crippen LogP contribution in [0.25, 0.3) is 0 Å². The van der Waals surface area contributed by atoms with E-state index in [-0.39, 0.29) is 44.9 Å². The Bertz CT molecular complexity index is 1180. The molecule has 0 unspecified atom stereocenters. The molecule has 2 N–H and O–H groups in total. The van der Waals surface area contributed by atoms with Crippen molar-refractivity contribution in [3.8, 4) is 0 Å². The van der Waals surface area contributed by atoms with Crippen LogP contribution >= 0.6 is 0 Å². The Kier molecular flexibility index (Phi) is 18.4. The first kappa shape index (κ1) is 39.8. The number of carbonyl (C=O) groups is 2. The molecule has 2 aliphatic rings. The van der Waals surface area contributed by atoms with Crippen LogP contribution in [0, 0.1) is 58.4 Å². The van der Waals surface area contributed by atoms with E-state index >= 15 is 0 Å².